The van der Waals surface area contributed by atoms with Crippen molar-refractivity contribution in [3.05, 3.63) is 26.6 Å². The molecule has 2 rings (SSSR count). The second-order valence-electron chi connectivity index (χ2n) is 5.84. The van der Waals surface area contributed by atoms with Crippen LogP contribution in [0.3, 0.4) is 0 Å². The summed E-state index contributed by atoms with van der Waals surface area (Å²) in [7, 11) is 1.72. The van der Waals surface area contributed by atoms with Crippen LogP contribution < -0.4 is 10.1 Å². The first-order valence-electron chi connectivity index (χ1n) is 7.32. The van der Waals surface area contributed by atoms with Crippen LogP contribution in [0.4, 0.5) is 0 Å². The Hall–Kier alpha value is -0.0600. The molecule has 1 aliphatic carbocycles. The molecule has 0 amide bonds. The number of hydrogen-bond acceptors (Lipinski definition) is 2. The fraction of sp³-hybridized carbons (Fsp3) is 0.625. The lowest BCUT2D eigenvalue weighted by Crippen LogP contribution is -2.25. The normalized spacial score (nSPS) is 22.8. The second-order valence-corrected chi connectivity index (χ2v) is 7.61. The van der Waals surface area contributed by atoms with Crippen molar-refractivity contribution in [1.82, 2.24) is 5.32 Å². The highest BCUT2D eigenvalue weighted by Gasteiger charge is 2.18. The summed E-state index contributed by atoms with van der Waals surface area (Å²) in [6, 6.07) is 4.14. The lowest BCUT2D eigenvalue weighted by atomic mass is 9.83. The highest BCUT2D eigenvalue weighted by atomic mass is 79.9. The van der Waals surface area contributed by atoms with Crippen molar-refractivity contribution in [1.29, 1.82) is 0 Å². The molecule has 1 fully saturated rings. The zero-order valence-corrected chi connectivity index (χ0v) is 15.4. The Morgan fingerprint density at radius 3 is 2.55 bits per heavy atom. The van der Waals surface area contributed by atoms with Crippen molar-refractivity contribution in [2.45, 2.75) is 39.2 Å². The van der Waals surface area contributed by atoms with Crippen molar-refractivity contribution in [2.24, 2.45) is 11.8 Å². The SMILES string of the molecule is COc1c(Br)cc(Br)cc1CNCC1CCC(C)CC1. The summed E-state index contributed by atoms with van der Waals surface area (Å²) >= 11 is 7.09. The maximum absolute atomic E-state index is 5.48. The van der Waals surface area contributed by atoms with Crippen LogP contribution in [-0.2, 0) is 6.54 Å². The molecule has 0 bridgehead atoms. The Kier molecular flexibility index (Phi) is 6.37. The molecule has 0 atom stereocenters. The van der Waals surface area contributed by atoms with E-state index in [0.29, 0.717) is 0 Å². The smallest absolute Gasteiger partial charge is 0.137 e. The summed E-state index contributed by atoms with van der Waals surface area (Å²) in [5, 5.41) is 3.59. The van der Waals surface area contributed by atoms with Crippen LogP contribution in [0.2, 0.25) is 0 Å². The summed E-state index contributed by atoms with van der Waals surface area (Å²) in [4.78, 5) is 0. The van der Waals surface area contributed by atoms with Gasteiger partial charge < -0.3 is 10.1 Å². The Bertz CT molecular complexity index is 442. The summed E-state index contributed by atoms with van der Waals surface area (Å²) in [5.41, 5.74) is 1.19. The molecule has 0 aromatic heterocycles. The number of nitrogens with one attached hydrogen (secondary N) is 1. The van der Waals surface area contributed by atoms with E-state index in [0.717, 1.165) is 39.6 Å². The predicted molar refractivity (Wildman–Crippen MR) is 91.2 cm³/mol. The summed E-state index contributed by atoms with van der Waals surface area (Å²) in [6.45, 7) is 4.33. The quantitative estimate of drug-likeness (QED) is 0.733. The summed E-state index contributed by atoms with van der Waals surface area (Å²) in [6.07, 6.45) is 5.51. The van der Waals surface area contributed by atoms with Gasteiger partial charge in [-0.05, 0) is 59.3 Å². The van der Waals surface area contributed by atoms with E-state index < -0.39 is 0 Å². The molecule has 1 aromatic rings. The van der Waals surface area contributed by atoms with Crippen LogP contribution in [-0.4, -0.2) is 13.7 Å². The standard InChI is InChI=1S/C16H23Br2NO/c1-11-3-5-12(6-4-11)9-19-10-13-7-14(17)8-15(18)16(13)20-2/h7-8,11-12,19H,3-6,9-10H2,1-2H3. The topological polar surface area (TPSA) is 21.3 Å². The van der Waals surface area contributed by atoms with Crippen LogP contribution in [0.5, 0.6) is 5.75 Å². The summed E-state index contributed by atoms with van der Waals surface area (Å²) < 4.78 is 7.56. The van der Waals surface area contributed by atoms with Crippen LogP contribution in [0.1, 0.15) is 38.2 Å². The Morgan fingerprint density at radius 2 is 1.90 bits per heavy atom. The van der Waals surface area contributed by atoms with Gasteiger partial charge in [0.15, 0.2) is 0 Å². The first-order chi connectivity index (χ1) is 9.60. The molecule has 0 aliphatic heterocycles. The van der Waals surface area contributed by atoms with Crippen LogP contribution in [0, 0.1) is 11.8 Å². The number of ether oxygens (including phenoxy) is 1. The van der Waals surface area contributed by atoms with Crippen molar-refractivity contribution >= 4 is 31.9 Å². The number of methoxy groups -OCH3 is 1. The molecule has 112 valence electrons. The molecule has 1 saturated carbocycles. The highest BCUT2D eigenvalue weighted by Crippen LogP contribution is 2.33. The molecule has 1 aliphatic rings. The lowest BCUT2D eigenvalue weighted by molar-refractivity contribution is 0.281. The number of benzene rings is 1. The third-order valence-electron chi connectivity index (χ3n) is 4.17. The second kappa shape index (κ2) is 7.81. The average molecular weight is 405 g/mol. The Labute approximate surface area is 138 Å². The molecule has 0 spiro atoms. The highest BCUT2D eigenvalue weighted by molar-refractivity contribution is 9.11. The van der Waals surface area contributed by atoms with Crippen molar-refractivity contribution in [2.75, 3.05) is 13.7 Å². The molecule has 0 radical (unpaired) electrons. The van der Waals surface area contributed by atoms with Gasteiger partial charge in [0.1, 0.15) is 5.75 Å². The van der Waals surface area contributed by atoms with Gasteiger partial charge in [-0.1, -0.05) is 35.7 Å². The van der Waals surface area contributed by atoms with Gasteiger partial charge in [-0.25, -0.2) is 0 Å². The lowest BCUT2D eigenvalue weighted by Gasteiger charge is -2.26. The molecule has 1 N–H and O–H groups in total. The molecule has 0 heterocycles. The maximum Gasteiger partial charge on any atom is 0.137 e. The van der Waals surface area contributed by atoms with E-state index in [4.69, 9.17) is 4.74 Å². The third kappa shape index (κ3) is 4.47. The van der Waals surface area contributed by atoms with Crippen LogP contribution >= 0.6 is 31.9 Å². The average Bonchev–Trinajstić information content (AvgIpc) is 2.40. The van der Waals surface area contributed by atoms with E-state index in [2.05, 4.69) is 50.2 Å². The Balaban J connectivity index is 1.87. The predicted octanol–water partition coefficient (Wildman–Crippen LogP) is 5.14. The van der Waals surface area contributed by atoms with Crippen molar-refractivity contribution in [3.63, 3.8) is 0 Å². The van der Waals surface area contributed by atoms with E-state index >= 15 is 0 Å². The van der Waals surface area contributed by atoms with Gasteiger partial charge >= 0.3 is 0 Å². The first-order valence-corrected chi connectivity index (χ1v) is 8.91. The largest absolute Gasteiger partial charge is 0.495 e. The summed E-state index contributed by atoms with van der Waals surface area (Å²) in [5.74, 6) is 2.69. The fourth-order valence-electron chi connectivity index (χ4n) is 2.92. The number of rotatable bonds is 5. The zero-order valence-electron chi connectivity index (χ0n) is 12.2. The third-order valence-corrected chi connectivity index (χ3v) is 5.22. The molecule has 20 heavy (non-hydrogen) atoms. The fourth-order valence-corrected chi connectivity index (χ4v) is 4.39. The minimum atomic E-state index is 0.841. The molecule has 2 nitrogen and oxygen atoms in total. The van der Waals surface area contributed by atoms with Gasteiger partial charge in [-0.3, -0.25) is 0 Å². The van der Waals surface area contributed by atoms with Crippen LogP contribution in [0.25, 0.3) is 0 Å². The molecule has 0 saturated heterocycles. The van der Waals surface area contributed by atoms with Gasteiger partial charge in [0.25, 0.3) is 0 Å². The number of hydrogen-bond donors (Lipinski definition) is 1. The maximum atomic E-state index is 5.48. The van der Waals surface area contributed by atoms with Gasteiger partial charge in [-0.15, -0.1) is 0 Å². The molecule has 0 unspecified atom stereocenters. The molecular formula is C16H23Br2NO. The Morgan fingerprint density at radius 1 is 1.20 bits per heavy atom. The van der Waals surface area contributed by atoms with E-state index in [1.54, 1.807) is 7.11 Å². The molecular weight excluding hydrogens is 382 g/mol. The van der Waals surface area contributed by atoms with Crippen molar-refractivity contribution < 1.29 is 4.74 Å². The first kappa shape index (κ1) is 16.3. The van der Waals surface area contributed by atoms with Crippen molar-refractivity contribution in [3.8, 4) is 5.75 Å². The minimum Gasteiger partial charge on any atom is -0.495 e. The molecule has 1 aromatic carbocycles. The van der Waals surface area contributed by atoms with Gasteiger partial charge in [0, 0.05) is 16.6 Å². The zero-order chi connectivity index (χ0) is 14.5. The monoisotopic (exact) mass is 403 g/mol. The van der Waals surface area contributed by atoms with E-state index in [-0.39, 0.29) is 0 Å². The van der Waals surface area contributed by atoms with E-state index in [1.165, 1.54) is 31.2 Å². The number of halogens is 2. The minimum absolute atomic E-state index is 0.841. The van der Waals surface area contributed by atoms with E-state index in [1.807, 2.05) is 6.07 Å². The van der Waals surface area contributed by atoms with Gasteiger partial charge in [0.2, 0.25) is 0 Å². The molecule has 4 heteroatoms. The van der Waals surface area contributed by atoms with Gasteiger partial charge in [0.05, 0.1) is 11.6 Å². The van der Waals surface area contributed by atoms with E-state index in [9.17, 15) is 0 Å². The van der Waals surface area contributed by atoms with Crippen LogP contribution in [0.15, 0.2) is 21.1 Å². The van der Waals surface area contributed by atoms with Gasteiger partial charge in [-0.2, -0.15) is 0 Å².